The maximum Gasteiger partial charge on any atom is 0.251 e. The van der Waals surface area contributed by atoms with Crippen LogP contribution in [0.5, 0.6) is 0 Å². The quantitative estimate of drug-likeness (QED) is 0.894. The summed E-state index contributed by atoms with van der Waals surface area (Å²) < 4.78 is 0. The number of amides is 2. The fourth-order valence-electron chi connectivity index (χ4n) is 5.57. The van der Waals surface area contributed by atoms with Crippen LogP contribution in [0.4, 0.5) is 0 Å². The molecule has 4 saturated carbocycles. The van der Waals surface area contributed by atoms with Crippen molar-refractivity contribution in [2.24, 2.45) is 17.8 Å². The van der Waals surface area contributed by atoms with E-state index >= 15 is 0 Å². The molecule has 4 bridgehead atoms. The molecular formula is C20H26N2O2. The number of carbonyl (C=O) groups excluding carboxylic acids is 2. The first-order chi connectivity index (χ1) is 11.5. The van der Waals surface area contributed by atoms with Crippen molar-refractivity contribution in [3.63, 3.8) is 0 Å². The van der Waals surface area contributed by atoms with Crippen LogP contribution in [0.15, 0.2) is 30.3 Å². The summed E-state index contributed by atoms with van der Waals surface area (Å²) in [5, 5.41) is 6.16. The van der Waals surface area contributed by atoms with E-state index in [9.17, 15) is 9.59 Å². The van der Waals surface area contributed by atoms with E-state index < -0.39 is 6.04 Å². The number of hydrogen-bond acceptors (Lipinski definition) is 2. The average molecular weight is 326 g/mol. The third-order valence-electron chi connectivity index (χ3n) is 6.20. The molecule has 0 saturated heterocycles. The minimum atomic E-state index is -0.509. The summed E-state index contributed by atoms with van der Waals surface area (Å²) in [4.78, 5) is 24.9. The van der Waals surface area contributed by atoms with Crippen molar-refractivity contribution in [1.29, 1.82) is 0 Å². The van der Waals surface area contributed by atoms with Gasteiger partial charge >= 0.3 is 0 Å². The molecule has 4 fully saturated rings. The third-order valence-corrected chi connectivity index (χ3v) is 6.20. The highest BCUT2D eigenvalue weighted by Crippen LogP contribution is 2.55. The molecule has 5 rings (SSSR count). The van der Waals surface area contributed by atoms with Gasteiger partial charge in [-0.25, -0.2) is 0 Å². The first kappa shape index (κ1) is 15.7. The Labute approximate surface area is 143 Å². The Hall–Kier alpha value is -1.84. The molecule has 0 heterocycles. The second-order valence-electron chi connectivity index (χ2n) is 8.25. The first-order valence-corrected chi connectivity index (χ1v) is 9.21. The lowest BCUT2D eigenvalue weighted by molar-refractivity contribution is -0.128. The zero-order valence-electron chi connectivity index (χ0n) is 14.3. The Morgan fingerprint density at radius 3 is 2.08 bits per heavy atom. The lowest BCUT2D eigenvalue weighted by atomic mass is 9.53. The average Bonchev–Trinajstić information content (AvgIpc) is 2.53. The molecule has 128 valence electrons. The van der Waals surface area contributed by atoms with Crippen LogP contribution >= 0.6 is 0 Å². The highest BCUT2D eigenvalue weighted by atomic mass is 16.2. The fraction of sp³-hybridized carbons (Fsp3) is 0.600. The first-order valence-electron chi connectivity index (χ1n) is 9.21. The maximum atomic E-state index is 12.7. The van der Waals surface area contributed by atoms with Crippen LogP contribution < -0.4 is 10.6 Å². The summed E-state index contributed by atoms with van der Waals surface area (Å²) >= 11 is 0. The molecule has 0 aromatic heterocycles. The fourth-order valence-corrected chi connectivity index (χ4v) is 5.57. The monoisotopic (exact) mass is 326 g/mol. The summed E-state index contributed by atoms with van der Waals surface area (Å²) in [6.45, 7) is 1.77. The summed E-state index contributed by atoms with van der Waals surface area (Å²) in [5.41, 5.74) is 0.587. The molecule has 0 aliphatic heterocycles. The van der Waals surface area contributed by atoms with E-state index in [4.69, 9.17) is 0 Å². The summed E-state index contributed by atoms with van der Waals surface area (Å²) in [7, 11) is 0. The topological polar surface area (TPSA) is 58.2 Å². The summed E-state index contributed by atoms with van der Waals surface area (Å²) in [6.07, 6.45) is 7.46. The highest BCUT2D eigenvalue weighted by molar-refractivity contribution is 5.97. The van der Waals surface area contributed by atoms with E-state index in [2.05, 4.69) is 10.6 Å². The van der Waals surface area contributed by atoms with Gasteiger partial charge in [-0.1, -0.05) is 18.2 Å². The van der Waals surface area contributed by atoms with Crippen molar-refractivity contribution in [3.8, 4) is 0 Å². The minimum absolute atomic E-state index is 0.00241. The van der Waals surface area contributed by atoms with Gasteiger partial charge in [-0.15, -0.1) is 0 Å². The van der Waals surface area contributed by atoms with Crippen LogP contribution in [-0.4, -0.2) is 23.4 Å². The minimum Gasteiger partial charge on any atom is -0.349 e. The third kappa shape index (κ3) is 2.94. The van der Waals surface area contributed by atoms with Crippen molar-refractivity contribution in [1.82, 2.24) is 10.6 Å². The van der Waals surface area contributed by atoms with Gasteiger partial charge in [0.2, 0.25) is 5.91 Å². The molecule has 4 aliphatic carbocycles. The van der Waals surface area contributed by atoms with Gasteiger partial charge in [0.25, 0.3) is 5.91 Å². The van der Waals surface area contributed by atoms with Crippen LogP contribution in [-0.2, 0) is 4.79 Å². The number of rotatable bonds is 4. The van der Waals surface area contributed by atoms with Gasteiger partial charge in [0.1, 0.15) is 6.04 Å². The molecule has 4 nitrogen and oxygen atoms in total. The molecule has 0 radical (unpaired) electrons. The van der Waals surface area contributed by atoms with E-state index in [1.807, 2.05) is 18.2 Å². The van der Waals surface area contributed by atoms with Crippen LogP contribution in [0.25, 0.3) is 0 Å². The largest absolute Gasteiger partial charge is 0.349 e. The van der Waals surface area contributed by atoms with Gasteiger partial charge < -0.3 is 10.6 Å². The number of hydrogen-bond donors (Lipinski definition) is 2. The number of carbonyl (C=O) groups is 2. The molecule has 4 aliphatic rings. The Morgan fingerprint density at radius 1 is 1.00 bits per heavy atom. The second kappa shape index (κ2) is 5.91. The van der Waals surface area contributed by atoms with Crippen molar-refractivity contribution >= 4 is 11.8 Å². The molecular weight excluding hydrogens is 300 g/mol. The van der Waals surface area contributed by atoms with Gasteiger partial charge in [-0.3, -0.25) is 9.59 Å². The Balaban J connectivity index is 1.38. The number of nitrogens with one attached hydrogen (secondary N) is 2. The van der Waals surface area contributed by atoms with Gasteiger partial charge in [0.15, 0.2) is 0 Å². The van der Waals surface area contributed by atoms with E-state index in [1.54, 1.807) is 19.1 Å². The lowest BCUT2D eigenvalue weighted by Gasteiger charge is -2.57. The normalized spacial score (nSPS) is 34.6. The highest BCUT2D eigenvalue weighted by Gasteiger charge is 2.51. The van der Waals surface area contributed by atoms with Crippen molar-refractivity contribution in [2.75, 3.05) is 0 Å². The van der Waals surface area contributed by atoms with E-state index in [0.29, 0.717) is 5.56 Å². The lowest BCUT2D eigenvalue weighted by Crippen LogP contribution is -2.62. The van der Waals surface area contributed by atoms with E-state index in [0.717, 1.165) is 37.0 Å². The van der Waals surface area contributed by atoms with Crippen LogP contribution in [0, 0.1) is 17.8 Å². The summed E-state index contributed by atoms with van der Waals surface area (Å²) in [5.74, 6) is 2.16. The molecule has 1 aromatic carbocycles. The Morgan fingerprint density at radius 2 is 1.54 bits per heavy atom. The molecule has 0 spiro atoms. The Bertz CT molecular complexity index is 605. The molecule has 2 amide bonds. The molecule has 1 aromatic rings. The van der Waals surface area contributed by atoms with E-state index in [1.165, 1.54) is 19.3 Å². The van der Waals surface area contributed by atoms with Crippen LogP contribution in [0.2, 0.25) is 0 Å². The van der Waals surface area contributed by atoms with Gasteiger partial charge in [0.05, 0.1) is 0 Å². The van der Waals surface area contributed by atoms with Gasteiger partial charge in [-0.05, 0) is 75.3 Å². The van der Waals surface area contributed by atoms with Gasteiger partial charge in [-0.2, -0.15) is 0 Å². The summed E-state index contributed by atoms with van der Waals surface area (Å²) in [6, 6.07) is 8.55. The molecule has 2 N–H and O–H groups in total. The Kier molecular flexibility index (Phi) is 3.86. The van der Waals surface area contributed by atoms with Crippen LogP contribution in [0.3, 0.4) is 0 Å². The van der Waals surface area contributed by atoms with E-state index in [-0.39, 0.29) is 17.4 Å². The zero-order chi connectivity index (χ0) is 16.7. The van der Waals surface area contributed by atoms with Crippen LogP contribution in [0.1, 0.15) is 55.8 Å². The molecule has 1 unspecified atom stereocenters. The molecule has 4 heteroatoms. The molecule has 1 atom stereocenters. The van der Waals surface area contributed by atoms with Gasteiger partial charge in [0, 0.05) is 11.1 Å². The SMILES string of the molecule is CC(NC(=O)c1ccccc1)C(=O)NC12CC3CC(CC(C3)C1)C2. The van der Waals surface area contributed by atoms with Crippen molar-refractivity contribution in [2.45, 2.75) is 57.0 Å². The zero-order valence-corrected chi connectivity index (χ0v) is 14.3. The predicted molar refractivity (Wildman–Crippen MR) is 92.4 cm³/mol. The standard InChI is InChI=1S/C20H26N2O2/c1-13(21-19(24)17-5-3-2-4-6-17)18(23)22-20-10-14-7-15(11-20)9-16(8-14)12-20/h2-6,13-16H,7-12H2,1H3,(H,21,24)(H,22,23). The predicted octanol–water partition coefficient (Wildman–Crippen LogP) is 2.89. The second-order valence-corrected chi connectivity index (χ2v) is 8.25. The van der Waals surface area contributed by atoms with Crippen molar-refractivity contribution < 1.29 is 9.59 Å². The maximum absolute atomic E-state index is 12.7. The number of benzene rings is 1. The van der Waals surface area contributed by atoms with Crippen molar-refractivity contribution in [3.05, 3.63) is 35.9 Å². The molecule has 24 heavy (non-hydrogen) atoms. The smallest absolute Gasteiger partial charge is 0.251 e.